The Labute approximate surface area is 147 Å². The number of nitrogens with zero attached hydrogens (tertiary/aromatic N) is 4. The molecule has 2 heterocycles. The zero-order chi connectivity index (χ0) is 16.6. The van der Waals surface area contributed by atoms with E-state index in [-0.39, 0.29) is 0 Å². The van der Waals surface area contributed by atoms with Gasteiger partial charge in [-0.1, -0.05) is 18.2 Å². The van der Waals surface area contributed by atoms with Gasteiger partial charge in [0.2, 0.25) is 5.95 Å². The Morgan fingerprint density at radius 1 is 1.00 bits per heavy atom. The summed E-state index contributed by atoms with van der Waals surface area (Å²) in [4.78, 5) is 13.3. The Balaban J connectivity index is 1.34. The van der Waals surface area contributed by atoms with Crippen LogP contribution >= 0.6 is 12.2 Å². The minimum Gasteiger partial charge on any atom is -0.361 e. The first kappa shape index (κ1) is 16.6. The van der Waals surface area contributed by atoms with E-state index in [9.17, 15) is 0 Å². The molecule has 1 aromatic heterocycles. The van der Waals surface area contributed by atoms with Crippen molar-refractivity contribution in [1.29, 1.82) is 0 Å². The fourth-order valence-electron chi connectivity index (χ4n) is 2.65. The van der Waals surface area contributed by atoms with Gasteiger partial charge in [0.25, 0.3) is 0 Å². The largest absolute Gasteiger partial charge is 0.361 e. The molecule has 0 unspecified atom stereocenters. The van der Waals surface area contributed by atoms with Crippen LogP contribution < -0.4 is 15.5 Å². The van der Waals surface area contributed by atoms with Gasteiger partial charge in [-0.25, -0.2) is 9.97 Å². The van der Waals surface area contributed by atoms with E-state index in [1.54, 1.807) is 12.4 Å². The highest BCUT2D eigenvalue weighted by Crippen LogP contribution is 2.09. The number of hydrogen-bond donors (Lipinski definition) is 2. The van der Waals surface area contributed by atoms with E-state index < -0.39 is 0 Å². The molecule has 0 amide bonds. The summed E-state index contributed by atoms with van der Waals surface area (Å²) in [6.07, 6.45) is 3.58. The van der Waals surface area contributed by atoms with Gasteiger partial charge in [-0.05, 0) is 30.4 Å². The number of aromatic nitrogens is 2. The molecule has 1 saturated heterocycles. The average Bonchev–Trinajstić information content (AvgIpc) is 2.64. The Morgan fingerprint density at radius 3 is 2.42 bits per heavy atom. The SMILES string of the molecule is S=C(NCCN1CCN(c2ncccn2)CC1)Nc1ccccc1. The number of para-hydroxylation sites is 1. The van der Waals surface area contributed by atoms with Crippen molar-refractivity contribution in [2.45, 2.75) is 0 Å². The van der Waals surface area contributed by atoms with Crippen LogP contribution in [0.15, 0.2) is 48.8 Å². The molecule has 1 fully saturated rings. The summed E-state index contributed by atoms with van der Waals surface area (Å²) in [5, 5.41) is 7.11. The molecule has 3 rings (SSSR count). The fourth-order valence-corrected chi connectivity index (χ4v) is 2.87. The summed E-state index contributed by atoms with van der Waals surface area (Å²) in [5.74, 6) is 0.823. The standard InChI is InChI=1S/C17H22N6S/c24-17(21-15-5-2-1-3-6-15)20-9-10-22-11-13-23(14-12-22)16-18-7-4-8-19-16/h1-8H,9-14H2,(H2,20,21,24). The predicted octanol–water partition coefficient (Wildman–Crippen LogP) is 1.59. The van der Waals surface area contributed by atoms with Gasteiger partial charge in [-0.2, -0.15) is 0 Å². The molecule has 0 spiro atoms. The molecule has 126 valence electrons. The van der Waals surface area contributed by atoms with Gasteiger partial charge in [0.05, 0.1) is 0 Å². The number of anilines is 2. The maximum atomic E-state index is 5.32. The molecule has 0 radical (unpaired) electrons. The third-order valence-corrected chi connectivity index (χ3v) is 4.20. The van der Waals surface area contributed by atoms with Crippen LogP contribution in [0.1, 0.15) is 0 Å². The van der Waals surface area contributed by atoms with Gasteiger partial charge in [0.1, 0.15) is 0 Å². The second-order valence-electron chi connectivity index (χ2n) is 5.62. The molecular weight excluding hydrogens is 320 g/mol. The molecule has 1 aromatic carbocycles. The quantitative estimate of drug-likeness (QED) is 0.800. The topological polar surface area (TPSA) is 56.3 Å². The molecule has 6 nitrogen and oxygen atoms in total. The summed E-state index contributed by atoms with van der Waals surface area (Å²) in [7, 11) is 0. The average molecular weight is 342 g/mol. The van der Waals surface area contributed by atoms with Crippen LogP contribution in [-0.2, 0) is 0 Å². The third-order valence-electron chi connectivity index (χ3n) is 3.95. The summed E-state index contributed by atoms with van der Waals surface area (Å²) in [6.45, 7) is 5.74. The van der Waals surface area contributed by atoms with Crippen molar-refractivity contribution in [3.05, 3.63) is 48.8 Å². The van der Waals surface area contributed by atoms with Gasteiger partial charge in [-0.3, -0.25) is 4.90 Å². The monoisotopic (exact) mass is 342 g/mol. The second kappa shape index (κ2) is 8.56. The first-order valence-electron chi connectivity index (χ1n) is 8.15. The Hall–Kier alpha value is -2.25. The van der Waals surface area contributed by atoms with Gasteiger partial charge < -0.3 is 15.5 Å². The van der Waals surface area contributed by atoms with Crippen LogP contribution in [0, 0.1) is 0 Å². The minimum absolute atomic E-state index is 0.664. The molecule has 0 atom stereocenters. The molecule has 2 aromatic rings. The van der Waals surface area contributed by atoms with Crippen molar-refractivity contribution in [3.8, 4) is 0 Å². The first-order valence-corrected chi connectivity index (χ1v) is 8.56. The minimum atomic E-state index is 0.664. The number of hydrogen-bond acceptors (Lipinski definition) is 5. The summed E-state index contributed by atoms with van der Waals surface area (Å²) >= 11 is 5.32. The van der Waals surface area contributed by atoms with E-state index in [2.05, 4.69) is 30.4 Å². The Bertz CT molecular complexity index is 628. The lowest BCUT2D eigenvalue weighted by Gasteiger charge is -2.34. The Kier molecular flexibility index (Phi) is 5.92. The molecule has 24 heavy (non-hydrogen) atoms. The highest BCUT2D eigenvalue weighted by Gasteiger charge is 2.18. The van der Waals surface area contributed by atoms with E-state index in [1.807, 2.05) is 36.4 Å². The molecule has 0 saturated carbocycles. The van der Waals surface area contributed by atoms with Crippen LogP contribution in [0.2, 0.25) is 0 Å². The van der Waals surface area contributed by atoms with Crippen LogP contribution in [0.25, 0.3) is 0 Å². The smallest absolute Gasteiger partial charge is 0.225 e. The maximum Gasteiger partial charge on any atom is 0.225 e. The molecule has 1 aliphatic rings. The molecule has 1 aliphatic heterocycles. The highest BCUT2D eigenvalue weighted by atomic mass is 32.1. The van der Waals surface area contributed by atoms with E-state index >= 15 is 0 Å². The van der Waals surface area contributed by atoms with E-state index in [4.69, 9.17) is 12.2 Å². The van der Waals surface area contributed by atoms with E-state index in [0.29, 0.717) is 5.11 Å². The van der Waals surface area contributed by atoms with Gasteiger partial charge in [-0.15, -0.1) is 0 Å². The number of thiocarbonyl (C=S) groups is 1. The third kappa shape index (κ3) is 4.87. The van der Waals surface area contributed by atoms with E-state index in [1.165, 1.54) is 0 Å². The molecule has 7 heteroatoms. The zero-order valence-corrected chi connectivity index (χ0v) is 14.4. The predicted molar refractivity (Wildman–Crippen MR) is 101 cm³/mol. The Morgan fingerprint density at radius 2 is 1.71 bits per heavy atom. The van der Waals surface area contributed by atoms with Crippen molar-refractivity contribution in [2.75, 3.05) is 49.5 Å². The molecule has 0 bridgehead atoms. The van der Waals surface area contributed by atoms with Crippen molar-refractivity contribution < 1.29 is 0 Å². The maximum absolute atomic E-state index is 5.32. The normalized spacial score (nSPS) is 15.1. The lowest BCUT2D eigenvalue weighted by Crippen LogP contribution is -2.49. The summed E-state index contributed by atoms with van der Waals surface area (Å²) in [6, 6.07) is 11.8. The number of benzene rings is 1. The fraction of sp³-hybridized carbons (Fsp3) is 0.353. The number of piperazine rings is 1. The highest BCUT2D eigenvalue weighted by molar-refractivity contribution is 7.80. The first-order chi connectivity index (χ1) is 11.8. The molecule has 0 aliphatic carbocycles. The molecule has 2 N–H and O–H groups in total. The van der Waals surface area contributed by atoms with Crippen molar-refractivity contribution in [1.82, 2.24) is 20.2 Å². The second-order valence-corrected chi connectivity index (χ2v) is 6.03. The van der Waals surface area contributed by atoms with Crippen molar-refractivity contribution in [2.24, 2.45) is 0 Å². The van der Waals surface area contributed by atoms with E-state index in [0.717, 1.165) is 50.9 Å². The summed E-state index contributed by atoms with van der Waals surface area (Å²) in [5.41, 5.74) is 1.01. The van der Waals surface area contributed by atoms with Gasteiger partial charge in [0.15, 0.2) is 5.11 Å². The van der Waals surface area contributed by atoms with Crippen molar-refractivity contribution >= 4 is 29.0 Å². The van der Waals surface area contributed by atoms with Gasteiger partial charge in [0, 0.05) is 57.3 Å². The van der Waals surface area contributed by atoms with Crippen LogP contribution in [-0.4, -0.2) is 59.2 Å². The van der Waals surface area contributed by atoms with Crippen LogP contribution in [0.3, 0.4) is 0 Å². The lowest BCUT2D eigenvalue weighted by molar-refractivity contribution is 0.260. The van der Waals surface area contributed by atoms with Gasteiger partial charge >= 0.3 is 0 Å². The molecular formula is C17H22N6S. The zero-order valence-electron chi connectivity index (χ0n) is 13.6. The number of rotatable bonds is 5. The van der Waals surface area contributed by atoms with Crippen LogP contribution in [0.4, 0.5) is 11.6 Å². The van der Waals surface area contributed by atoms with Crippen LogP contribution in [0.5, 0.6) is 0 Å². The lowest BCUT2D eigenvalue weighted by atomic mass is 10.3. The van der Waals surface area contributed by atoms with Crippen molar-refractivity contribution in [3.63, 3.8) is 0 Å². The summed E-state index contributed by atoms with van der Waals surface area (Å²) < 4.78 is 0. The number of nitrogens with one attached hydrogen (secondary N) is 2.